The molecule has 1 aliphatic heterocycles. The summed E-state index contributed by atoms with van der Waals surface area (Å²) in [6.07, 6.45) is 3.28. The Morgan fingerprint density at radius 3 is 2.11 bits per heavy atom. The number of hydrogen-bond acceptors (Lipinski definition) is 2. The average Bonchev–Trinajstić information content (AvgIpc) is 2.64. The first-order valence-corrected chi connectivity index (χ1v) is 10.9. The monoisotopic (exact) mass is 436 g/mol. The van der Waals surface area contributed by atoms with Gasteiger partial charge in [-0.3, -0.25) is 9.69 Å². The molecular weight excluding hydrogens is 415 g/mol. The average molecular weight is 438 g/mol. The third-order valence-corrected chi connectivity index (χ3v) is 6.70. The molecule has 0 radical (unpaired) electrons. The molecule has 0 aromatic heterocycles. The fourth-order valence-electron chi connectivity index (χ4n) is 4.07. The normalized spacial score (nSPS) is 19.3. The predicted octanol–water partition coefficient (Wildman–Crippen LogP) is 5.68. The second-order valence-corrected chi connectivity index (χ2v) is 8.89. The van der Waals surface area contributed by atoms with Crippen molar-refractivity contribution >= 4 is 40.7 Å². The highest BCUT2D eigenvalue weighted by atomic mass is 35.5. The molecule has 2 fully saturated rings. The van der Waals surface area contributed by atoms with E-state index in [9.17, 15) is 4.79 Å². The molecule has 1 saturated carbocycles. The Kier molecular flexibility index (Phi) is 6.17. The Bertz CT molecular complexity index is 843. The number of nitrogens with zero attached hydrogens (tertiary/aromatic N) is 2. The molecule has 2 aromatic carbocycles. The van der Waals surface area contributed by atoms with Gasteiger partial charge in [-0.15, -0.1) is 0 Å². The summed E-state index contributed by atoms with van der Waals surface area (Å²) >= 11 is 18.8. The Morgan fingerprint density at radius 2 is 1.54 bits per heavy atom. The second-order valence-electron chi connectivity index (χ2n) is 7.61. The molecule has 2 aromatic rings. The molecule has 1 amide bonds. The molecule has 0 bridgehead atoms. The molecule has 1 unspecified atom stereocenters. The van der Waals surface area contributed by atoms with Crippen LogP contribution in [-0.4, -0.2) is 41.9 Å². The maximum absolute atomic E-state index is 12.6. The van der Waals surface area contributed by atoms with E-state index in [4.69, 9.17) is 34.8 Å². The summed E-state index contributed by atoms with van der Waals surface area (Å²) in [5.74, 6) is 0.586. The maximum atomic E-state index is 12.6. The van der Waals surface area contributed by atoms with Gasteiger partial charge in [0, 0.05) is 47.2 Å². The van der Waals surface area contributed by atoms with Crippen molar-refractivity contribution in [3.05, 3.63) is 68.7 Å². The first-order valence-electron chi connectivity index (χ1n) is 9.76. The van der Waals surface area contributed by atoms with Crippen molar-refractivity contribution in [1.82, 2.24) is 9.80 Å². The lowest BCUT2D eigenvalue weighted by Gasteiger charge is -2.41. The van der Waals surface area contributed by atoms with Crippen LogP contribution in [0.4, 0.5) is 0 Å². The molecule has 6 heteroatoms. The lowest BCUT2D eigenvalue weighted by molar-refractivity contribution is -0.140. The van der Waals surface area contributed by atoms with E-state index in [0.29, 0.717) is 21.0 Å². The van der Waals surface area contributed by atoms with Gasteiger partial charge in [-0.05, 0) is 48.2 Å². The summed E-state index contributed by atoms with van der Waals surface area (Å²) in [7, 11) is 0. The third-order valence-electron chi connectivity index (χ3n) is 5.89. The van der Waals surface area contributed by atoms with E-state index in [-0.39, 0.29) is 12.0 Å². The first-order chi connectivity index (χ1) is 13.5. The second kappa shape index (κ2) is 8.62. The highest BCUT2D eigenvalue weighted by molar-refractivity contribution is 6.35. The molecule has 148 valence electrons. The van der Waals surface area contributed by atoms with E-state index in [2.05, 4.69) is 4.90 Å². The maximum Gasteiger partial charge on any atom is 0.225 e. The summed E-state index contributed by atoms with van der Waals surface area (Å²) in [6.45, 7) is 3.13. The minimum Gasteiger partial charge on any atom is -0.340 e. The van der Waals surface area contributed by atoms with Crippen LogP contribution in [0.5, 0.6) is 0 Å². The number of carbonyl (C=O) groups excluding carboxylic acids is 1. The van der Waals surface area contributed by atoms with Crippen molar-refractivity contribution in [2.24, 2.45) is 5.92 Å². The zero-order valence-corrected chi connectivity index (χ0v) is 17.9. The van der Waals surface area contributed by atoms with Gasteiger partial charge in [-0.1, -0.05) is 59.4 Å². The summed E-state index contributed by atoms with van der Waals surface area (Å²) in [4.78, 5) is 17.0. The van der Waals surface area contributed by atoms with E-state index in [0.717, 1.165) is 50.1 Å². The molecule has 28 heavy (non-hydrogen) atoms. The molecular formula is C22H23Cl3N2O. The van der Waals surface area contributed by atoms with Crippen LogP contribution in [0.3, 0.4) is 0 Å². The predicted molar refractivity (Wildman–Crippen MR) is 115 cm³/mol. The molecule has 1 aliphatic carbocycles. The van der Waals surface area contributed by atoms with Gasteiger partial charge in [0.15, 0.2) is 0 Å². The first kappa shape index (κ1) is 20.0. The van der Waals surface area contributed by atoms with Crippen molar-refractivity contribution in [3.63, 3.8) is 0 Å². The Hall–Kier alpha value is -1.26. The highest BCUT2D eigenvalue weighted by Gasteiger charge is 2.33. The van der Waals surface area contributed by atoms with Crippen molar-refractivity contribution in [2.45, 2.75) is 25.3 Å². The van der Waals surface area contributed by atoms with Crippen LogP contribution in [0.1, 0.15) is 36.4 Å². The fraction of sp³-hybridized carbons (Fsp3) is 0.409. The Labute approximate surface area is 181 Å². The van der Waals surface area contributed by atoms with Crippen LogP contribution < -0.4 is 0 Å². The van der Waals surface area contributed by atoms with E-state index < -0.39 is 0 Å². The molecule has 1 heterocycles. The lowest BCUT2D eigenvalue weighted by atomic mass is 9.84. The lowest BCUT2D eigenvalue weighted by Crippen LogP contribution is -2.52. The minimum absolute atomic E-state index is 0.00277. The molecule has 2 aliphatic rings. The number of rotatable bonds is 4. The van der Waals surface area contributed by atoms with Gasteiger partial charge in [0.05, 0.1) is 6.04 Å². The van der Waals surface area contributed by atoms with Gasteiger partial charge in [0.1, 0.15) is 0 Å². The van der Waals surface area contributed by atoms with Gasteiger partial charge >= 0.3 is 0 Å². The van der Waals surface area contributed by atoms with Gasteiger partial charge in [-0.2, -0.15) is 0 Å². The van der Waals surface area contributed by atoms with E-state index >= 15 is 0 Å². The summed E-state index contributed by atoms with van der Waals surface area (Å²) in [5, 5.41) is 1.99. The molecule has 0 spiro atoms. The zero-order valence-electron chi connectivity index (χ0n) is 15.6. The Morgan fingerprint density at radius 1 is 0.893 bits per heavy atom. The quantitative estimate of drug-likeness (QED) is 0.614. The molecule has 1 saturated heterocycles. The highest BCUT2D eigenvalue weighted by Crippen LogP contribution is 2.36. The molecule has 3 nitrogen and oxygen atoms in total. The summed E-state index contributed by atoms with van der Waals surface area (Å²) in [5.41, 5.74) is 2.15. The standard InChI is InChI=1S/C22H23Cl3N2O/c23-17-6-4-15(5-7-17)21(19-9-8-18(24)14-20(19)25)26-10-12-27(13-11-26)22(28)16-2-1-3-16/h4-9,14,16,21H,1-3,10-13H2. The van der Waals surface area contributed by atoms with Gasteiger partial charge in [-0.25, -0.2) is 0 Å². The van der Waals surface area contributed by atoms with Gasteiger partial charge < -0.3 is 4.90 Å². The zero-order chi connectivity index (χ0) is 19.7. The van der Waals surface area contributed by atoms with Crippen molar-refractivity contribution < 1.29 is 4.79 Å². The number of benzene rings is 2. The number of hydrogen-bond donors (Lipinski definition) is 0. The minimum atomic E-state index is 0.00277. The smallest absolute Gasteiger partial charge is 0.225 e. The third kappa shape index (κ3) is 4.18. The number of halogens is 3. The van der Waals surface area contributed by atoms with Crippen molar-refractivity contribution in [2.75, 3.05) is 26.2 Å². The van der Waals surface area contributed by atoms with Crippen molar-refractivity contribution in [1.29, 1.82) is 0 Å². The van der Waals surface area contributed by atoms with Crippen LogP contribution in [0.15, 0.2) is 42.5 Å². The molecule has 1 atom stereocenters. The van der Waals surface area contributed by atoms with Crippen LogP contribution >= 0.6 is 34.8 Å². The topological polar surface area (TPSA) is 23.6 Å². The largest absolute Gasteiger partial charge is 0.340 e. The molecule has 0 N–H and O–H groups in total. The number of carbonyl (C=O) groups is 1. The Balaban J connectivity index is 1.57. The number of piperazine rings is 1. The van der Waals surface area contributed by atoms with E-state index in [1.54, 1.807) is 6.07 Å². The van der Waals surface area contributed by atoms with Crippen LogP contribution in [-0.2, 0) is 4.79 Å². The summed E-state index contributed by atoms with van der Waals surface area (Å²) < 4.78 is 0. The van der Waals surface area contributed by atoms with Gasteiger partial charge in [0.2, 0.25) is 5.91 Å². The van der Waals surface area contributed by atoms with Crippen LogP contribution in [0.25, 0.3) is 0 Å². The van der Waals surface area contributed by atoms with E-state index in [1.807, 2.05) is 41.3 Å². The van der Waals surface area contributed by atoms with Gasteiger partial charge in [0.25, 0.3) is 0 Å². The summed E-state index contributed by atoms with van der Waals surface area (Å²) in [6, 6.07) is 13.6. The van der Waals surface area contributed by atoms with Crippen LogP contribution in [0, 0.1) is 5.92 Å². The van der Waals surface area contributed by atoms with Crippen molar-refractivity contribution in [3.8, 4) is 0 Å². The SMILES string of the molecule is O=C(C1CCC1)N1CCN(C(c2ccc(Cl)cc2)c2ccc(Cl)cc2Cl)CC1. The number of amides is 1. The molecule has 4 rings (SSSR count). The van der Waals surface area contributed by atoms with E-state index in [1.165, 1.54) is 6.42 Å². The van der Waals surface area contributed by atoms with Crippen LogP contribution in [0.2, 0.25) is 15.1 Å². The fourth-order valence-corrected chi connectivity index (χ4v) is 4.71.